The van der Waals surface area contributed by atoms with Crippen LogP contribution in [-0.2, 0) is 14.2 Å². The SMILES string of the molecule is [2H]C1([2H])C[C@]2(CO2)[C@@H]([C@]2(C)O[C@@H]2CC=C(C)C)[C@]([2H])(OC)[C@@H]1O. The molecule has 1 spiro atoms. The van der Waals surface area contributed by atoms with E-state index >= 15 is 0 Å². The Bertz CT molecular complexity index is 529. The maximum Gasteiger partial charge on any atom is 0.101 e. The van der Waals surface area contributed by atoms with Gasteiger partial charge < -0.3 is 19.3 Å². The third kappa shape index (κ3) is 2.23. The van der Waals surface area contributed by atoms with E-state index in [1.807, 2.05) is 20.8 Å². The number of aliphatic hydroxyl groups excluding tert-OH is 1. The van der Waals surface area contributed by atoms with E-state index in [0.29, 0.717) is 6.61 Å². The zero-order valence-electron chi connectivity index (χ0n) is 15.6. The zero-order chi connectivity index (χ0) is 17.3. The topological polar surface area (TPSA) is 54.5 Å². The van der Waals surface area contributed by atoms with E-state index in [4.69, 9.17) is 18.3 Å². The van der Waals surface area contributed by atoms with Crippen LogP contribution in [0, 0.1) is 5.92 Å². The molecule has 0 aromatic rings. The second-order valence-electron chi connectivity index (χ2n) is 6.48. The van der Waals surface area contributed by atoms with Gasteiger partial charge in [0.1, 0.15) is 5.60 Å². The van der Waals surface area contributed by atoms with E-state index in [0.717, 1.165) is 6.42 Å². The Kier molecular flexibility index (Phi) is 2.69. The molecule has 1 aliphatic carbocycles. The smallest absolute Gasteiger partial charge is 0.101 e. The van der Waals surface area contributed by atoms with Crippen molar-refractivity contribution in [1.29, 1.82) is 0 Å². The molecule has 0 aromatic heterocycles. The van der Waals surface area contributed by atoms with Gasteiger partial charge in [0.05, 0.1) is 37.8 Å². The van der Waals surface area contributed by atoms with E-state index in [2.05, 4.69) is 6.08 Å². The van der Waals surface area contributed by atoms with Gasteiger partial charge in [0, 0.05) is 9.85 Å². The molecule has 1 saturated carbocycles. The van der Waals surface area contributed by atoms with Gasteiger partial charge in [-0.05, 0) is 40.0 Å². The summed E-state index contributed by atoms with van der Waals surface area (Å²) in [6.45, 7) is 6.34. The number of rotatable bonds is 4. The Labute approximate surface area is 125 Å². The fraction of sp³-hybridized carbons (Fsp3) is 0.875. The quantitative estimate of drug-likeness (QED) is 0.634. The molecule has 6 atom stereocenters. The molecule has 0 radical (unpaired) electrons. The lowest BCUT2D eigenvalue weighted by Crippen LogP contribution is -2.54. The molecule has 2 heterocycles. The largest absolute Gasteiger partial charge is 0.390 e. The summed E-state index contributed by atoms with van der Waals surface area (Å²) in [6.07, 6.45) is -2.46. The fourth-order valence-electron chi connectivity index (χ4n) is 3.44. The number of allylic oxidation sites excluding steroid dienone is 1. The molecule has 3 rings (SSSR count). The molecule has 0 bridgehead atoms. The molecule has 3 aliphatic rings. The van der Waals surface area contributed by atoms with Crippen molar-refractivity contribution in [3.8, 4) is 0 Å². The van der Waals surface area contributed by atoms with Crippen molar-refractivity contribution in [2.24, 2.45) is 5.92 Å². The van der Waals surface area contributed by atoms with Crippen LogP contribution in [-0.4, -0.2) is 48.3 Å². The normalized spacial score (nSPS) is 58.5. The summed E-state index contributed by atoms with van der Waals surface area (Å²) in [6, 6.07) is 0. The highest BCUT2D eigenvalue weighted by Crippen LogP contribution is 2.59. The molecule has 1 N–H and O–H groups in total. The average Bonchev–Trinajstić information content (AvgIpc) is 3.33. The van der Waals surface area contributed by atoms with Gasteiger partial charge in [-0.2, -0.15) is 0 Å². The van der Waals surface area contributed by atoms with E-state index in [1.54, 1.807) is 0 Å². The van der Waals surface area contributed by atoms with E-state index < -0.39 is 35.7 Å². The number of aliphatic hydroxyl groups is 1. The minimum absolute atomic E-state index is 0.0597. The Balaban J connectivity index is 1.92. The molecule has 4 nitrogen and oxygen atoms in total. The molecule has 4 heteroatoms. The van der Waals surface area contributed by atoms with Crippen molar-refractivity contribution >= 4 is 0 Å². The first kappa shape index (κ1) is 11.2. The van der Waals surface area contributed by atoms with Crippen LogP contribution in [0.5, 0.6) is 0 Å². The summed E-state index contributed by atoms with van der Waals surface area (Å²) in [5, 5.41) is 10.5. The lowest BCUT2D eigenvalue weighted by atomic mass is 9.68. The van der Waals surface area contributed by atoms with Crippen LogP contribution >= 0.6 is 0 Å². The van der Waals surface area contributed by atoms with E-state index in [-0.39, 0.29) is 12.5 Å². The predicted molar refractivity (Wildman–Crippen MR) is 75.5 cm³/mol. The first-order chi connectivity index (χ1) is 10.5. The molecule has 0 unspecified atom stereocenters. The van der Waals surface area contributed by atoms with Crippen LogP contribution in [0.2, 0.25) is 0 Å². The summed E-state index contributed by atoms with van der Waals surface area (Å²) >= 11 is 0. The first-order valence-electron chi connectivity index (χ1n) is 8.70. The average molecular weight is 285 g/mol. The van der Waals surface area contributed by atoms with Crippen LogP contribution < -0.4 is 0 Å². The van der Waals surface area contributed by atoms with Gasteiger partial charge in [0.2, 0.25) is 0 Å². The maximum atomic E-state index is 10.5. The molecule has 2 aliphatic heterocycles. The Morgan fingerprint density at radius 3 is 2.85 bits per heavy atom. The molecular formula is C16H26O4. The second-order valence-corrected chi connectivity index (χ2v) is 6.48. The fourth-order valence-corrected chi connectivity index (χ4v) is 3.44. The number of methoxy groups -OCH3 is 1. The summed E-state index contributed by atoms with van der Waals surface area (Å²) in [4.78, 5) is 0. The first-order valence-corrected chi connectivity index (χ1v) is 7.20. The lowest BCUT2D eigenvalue weighted by molar-refractivity contribution is -0.116. The molecule has 0 aromatic carbocycles. The summed E-state index contributed by atoms with van der Waals surface area (Å²) in [5.74, 6) is -0.540. The van der Waals surface area contributed by atoms with Crippen molar-refractivity contribution in [3.63, 3.8) is 0 Å². The number of epoxide rings is 2. The Hall–Kier alpha value is -0.420. The lowest BCUT2D eigenvalue weighted by Gasteiger charge is -2.41. The number of hydrogen-bond donors (Lipinski definition) is 1. The maximum absolute atomic E-state index is 10.5. The van der Waals surface area contributed by atoms with Gasteiger partial charge in [-0.15, -0.1) is 0 Å². The zero-order valence-corrected chi connectivity index (χ0v) is 12.6. The number of hydrogen-bond acceptors (Lipinski definition) is 4. The van der Waals surface area contributed by atoms with Crippen molar-refractivity contribution < 1.29 is 23.4 Å². The van der Waals surface area contributed by atoms with Crippen molar-refractivity contribution in [3.05, 3.63) is 11.6 Å². The Morgan fingerprint density at radius 2 is 2.30 bits per heavy atom. The van der Waals surface area contributed by atoms with Crippen LogP contribution in [0.3, 0.4) is 0 Å². The van der Waals surface area contributed by atoms with Gasteiger partial charge in [0.15, 0.2) is 0 Å². The molecule has 2 saturated heterocycles. The predicted octanol–water partition coefficient (Wildman–Crippen LogP) is 2.06. The van der Waals surface area contributed by atoms with Crippen molar-refractivity contribution in [2.75, 3.05) is 13.7 Å². The van der Waals surface area contributed by atoms with Gasteiger partial charge in [-0.1, -0.05) is 11.6 Å². The highest BCUT2D eigenvalue weighted by Gasteiger charge is 2.71. The van der Waals surface area contributed by atoms with E-state index in [1.165, 1.54) is 12.7 Å². The van der Waals surface area contributed by atoms with Crippen molar-refractivity contribution in [2.45, 2.75) is 69.5 Å². The molecular weight excluding hydrogens is 256 g/mol. The third-order valence-corrected chi connectivity index (χ3v) is 4.72. The minimum Gasteiger partial charge on any atom is -0.390 e. The van der Waals surface area contributed by atoms with Crippen LogP contribution in [0.15, 0.2) is 11.6 Å². The van der Waals surface area contributed by atoms with Gasteiger partial charge >= 0.3 is 0 Å². The highest BCUT2D eigenvalue weighted by molar-refractivity contribution is 5.20. The molecule has 20 heavy (non-hydrogen) atoms. The van der Waals surface area contributed by atoms with Gasteiger partial charge in [0.25, 0.3) is 0 Å². The van der Waals surface area contributed by atoms with Crippen molar-refractivity contribution in [1.82, 2.24) is 0 Å². The molecule has 3 fully saturated rings. The van der Waals surface area contributed by atoms with Gasteiger partial charge in [-0.3, -0.25) is 0 Å². The summed E-state index contributed by atoms with van der Waals surface area (Å²) in [7, 11) is 1.34. The molecule has 114 valence electrons. The third-order valence-electron chi connectivity index (χ3n) is 4.72. The van der Waals surface area contributed by atoms with E-state index in [9.17, 15) is 5.11 Å². The minimum atomic E-state index is -1.93. The highest BCUT2D eigenvalue weighted by atomic mass is 16.6. The Morgan fingerprint density at radius 1 is 1.60 bits per heavy atom. The molecule has 0 amide bonds. The standard InChI is InChI=1S/C16H26O4/c1-10(2)5-6-12-15(3,20-12)14-13(18-4)11(17)7-8-16(14)9-19-16/h5,11-14,17H,6-9H2,1-4H3/t11-,12-,13-,14-,15-,16+/m1/s1/i7D2,13D. The van der Waals surface area contributed by atoms with Crippen LogP contribution in [0.1, 0.15) is 44.1 Å². The van der Waals surface area contributed by atoms with Gasteiger partial charge in [-0.25, -0.2) is 0 Å². The van der Waals surface area contributed by atoms with Crippen LogP contribution in [0.4, 0.5) is 0 Å². The number of ether oxygens (including phenoxy) is 3. The second kappa shape index (κ2) is 4.80. The van der Waals surface area contributed by atoms with Crippen LogP contribution in [0.25, 0.3) is 0 Å². The monoisotopic (exact) mass is 285 g/mol. The summed E-state index contributed by atoms with van der Waals surface area (Å²) in [5.41, 5.74) is -0.240. The summed E-state index contributed by atoms with van der Waals surface area (Å²) < 4.78 is 41.8.